The van der Waals surface area contributed by atoms with Gasteiger partial charge in [-0.05, 0) is 31.0 Å². The monoisotopic (exact) mass is 321 g/mol. The predicted molar refractivity (Wildman–Crippen MR) is 89.7 cm³/mol. The maximum atomic E-state index is 11.7. The standard InChI is InChI=1S/C17H27N3O3/c1-2-15-6-3-4-7-16(15)23-14-19-17(21)18-8-5-9-20-10-12-22-13-11-20/h3-4,6-7H,2,5,8-14H2,1H3,(H2,18,19,21). The van der Waals surface area contributed by atoms with E-state index in [-0.39, 0.29) is 12.8 Å². The van der Waals surface area contributed by atoms with Gasteiger partial charge in [0.2, 0.25) is 0 Å². The maximum Gasteiger partial charge on any atom is 0.317 e. The Bertz CT molecular complexity index is 476. The second-order valence-corrected chi connectivity index (χ2v) is 5.49. The molecule has 1 aliphatic rings. The highest BCUT2D eigenvalue weighted by molar-refractivity contribution is 5.73. The number of urea groups is 1. The molecular weight excluding hydrogens is 294 g/mol. The summed E-state index contributed by atoms with van der Waals surface area (Å²) in [5.74, 6) is 0.822. The zero-order valence-corrected chi connectivity index (χ0v) is 13.8. The summed E-state index contributed by atoms with van der Waals surface area (Å²) in [5, 5.41) is 5.56. The SMILES string of the molecule is CCc1ccccc1OCNC(=O)NCCCN1CCOCC1. The third kappa shape index (κ3) is 6.46. The van der Waals surface area contributed by atoms with Crippen LogP contribution in [-0.2, 0) is 11.2 Å². The lowest BCUT2D eigenvalue weighted by atomic mass is 10.1. The van der Waals surface area contributed by atoms with Crippen molar-refractivity contribution in [3.63, 3.8) is 0 Å². The van der Waals surface area contributed by atoms with E-state index in [0.29, 0.717) is 6.54 Å². The molecule has 6 heteroatoms. The van der Waals surface area contributed by atoms with Gasteiger partial charge in [-0.3, -0.25) is 4.90 Å². The summed E-state index contributed by atoms with van der Waals surface area (Å²) in [6.07, 6.45) is 1.84. The van der Waals surface area contributed by atoms with Crippen LogP contribution in [0.1, 0.15) is 18.9 Å². The van der Waals surface area contributed by atoms with E-state index in [9.17, 15) is 4.79 Å². The lowest BCUT2D eigenvalue weighted by Gasteiger charge is -2.26. The van der Waals surface area contributed by atoms with Gasteiger partial charge in [0.15, 0.2) is 6.73 Å². The summed E-state index contributed by atoms with van der Waals surface area (Å²) in [7, 11) is 0. The third-order valence-corrected chi connectivity index (χ3v) is 3.85. The third-order valence-electron chi connectivity index (χ3n) is 3.85. The number of carbonyl (C=O) groups excluding carboxylic acids is 1. The number of aryl methyl sites for hydroxylation is 1. The minimum Gasteiger partial charge on any atom is -0.473 e. The number of hydrogen-bond donors (Lipinski definition) is 2. The molecule has 0 spiro atoms. The number of para-hydroxylation sites is 1. The van der Waals surface area contributed by atoms with Crippen LogP contribution in [0.3, 0.4) is 0 Å². The van der Waals surface area contributed by atoms with Crippen LogP contribution in [-0.4, -0.2) is 57.1 Å². The number of nitrogens with one attached hydrogen (secondary N) is 2. The minimum atomic E-state index is -0.194. The molecule has 1 aromatic carbocycles. The van der Waals surface area contributed by atoms with Gasteiger partial charge in [-0.25, -0.2) is 4.79 Å². The Morgan fingerprint density at radius 1 is 1.26 bits per heavy atom. The summed E-state index contributed by atoms with van der Waals surface area (Å²) in [4.78, 5) is 14.1. The highest BCUT2D eigenvalue weighted by Gasteiger charge is 2.09. The van der Waals surface area contributed by atoms with Crippen molar-refractivity contribution in [3.05, 3.63) is 29.8 Å². The van der Waals surface area contributed by atoms with E-state index in [2.05, 4.69) is 22.5 Å². The fourth-order valence-electron chi connectivity index (χ4n) is 2.51. The first-order valence-corrected chi connectivity index (χ1v) is 8.32. The number of rotatable bonds is 8. The van der Waals surface area contributed by atoms with Crippen molar-refractivity contribution in [3.8, 4) is 5.75 Å². The van der Waals surface area contributed by atoms with Gasteiger partial charge in [0, 0.05) is 19.6 Å². The molecule has 1 aliphatic heterocycles. The van der Waals surface area contributed by atoms with Crippen LogP contribution < -0.4 is 15.4 Å². The number of hydrogen-bond acceptors (Lipinski definition) is 4. The highest BCUT2D eigenvalue weighted by atomic mass is 16.5. The van der Waals surface area contributed by atoms with Gasteiger partial charge in [0.1, 0.15) is 5.75 Å². The maximum absolute atomic E-state index is 11.7. The van der Waals surface area contributed by atoms with Gasteiger partial charge in [0.25, 0.3) is 0 Å². The minimum absolute atomic E-state index is 0.173. The van der Waals surface area contributed by atoms with Gasteiger partial charge in [-0.2, -0.15) is 0 Å². The molecule has 2 rings (SSSR count). The molecule has 1 aromatic rings. The van der Waals surface area contributed by atoms with Crippen LogP contribution in [0.5, 0.6) is 5.75 Å². The molecule has 2 N–H and O–H groups in total. The topological polar surface area (TPSA) is 62.8 Å². The molecule has 0 atom stereocenters. The number of carbonyl (C=O) groups is 1. The van der Waals surface area contributed by atoms with E-state index in [4.69, 9.17) is 9.47 Å². The average Bonchev–Trinajstić information content (AvgIpc) is 2.60. The first kappa shape index (κ1) is 17.6. The van der Waals surface area contributed by atoms with Crippen LogP contribution >= 0.6 is 0 Å². The fourth-order valence-corrected chi connectivity index (χ4v) is 2.51. The van der Waals surface area contributed by atoms with Crippen molar-refractivity contribution in [1.29, 1.82) is 0 Å². The number of ether oxygens (including phenoxy) is 2. The molecule has 0 unspecified atom stereocenters. The van der Waals surface area contributed by atoms with Crippen LogP contribution in [0.2, 0.25) is 0 Å². The van der Waals surface area contributed by atoms with E-state index >= 15 is 0 Å². The van der Waals surface area contributed by atoms with E-state index in [0.717, 1.165) is 57.0 Å². The van der Waals surface area contributed by atoms with E-state index < -0.39 is 0 Å². The molecule has 128 valence electrons. The Kier molecular flexibility index (Phi) is 7.69. The second kappa shape index (κ2) is 10.1. The molecule has 2 amide bonds. The van der Waals surface area contributed by atoms with Crippen molar-refractivity contribution in [2.75, 3.05) is 46.1 Å². The lowest BCUT2D eigenvalue weighted by Crippen LogP contribution is -2.40. The lowest BCUT2D eigenvalue weighted by molar-refractivity contribution is 0.0375. The van der Waals surface area contributed by atoms with Gasteiger partial charge in [-0.15, -0.1) is 0 Å². The van der Waals surface area contributed by atoms with Crippen molar-refractivity contribution in [1.82, 2.24) is 15.5 Å². The molecule has 23 heavy (non-hydrogen) atoms. The summed E-state index contributed by atoms with van der Waals surface area (Å²) < 4.78 is 10.9. The molecule has 0 saturated carbocycles. The number of nitrogens with zero attached hydrogens (tertiary/aromatic N) is 1. The molecule has 0 aromatic heterocycles. The van der Waals surface area contributed by atoms with E-state index in [1.807, 2.05) is 24.3 Å². The normalized spacial score (nSPS) is 15.2. The molecular formula is C17H27N3O3. The Morgan fingerprint density at radius 2 is 2.04 bits per heavy atom. The zero-order valence-electron chi connectivity index (χ0n) is 13.8. The van der Waals surface area contributed by atoms with Crippen LogP contribution in [0, 0.1) is 0 Å². The molecule has 6 nitrogen and oxygen atoms in total. The molecule has 0 radical (unpaired) electrons. The van der Waals surface area contributed by atoms with Crippen molar-refractivity contribution in [2.24, 2.45) is 0 Å². The van der Waals surface area contributed by atoms with Crippen LogP contribution in [0.4, 0.5) is 4.79 Å². The van der Waals surface area contributed by atoms with E-state index in [1.165, 1.54) is 0 Å². The number of benzene rings is 1. The van der Waals surface area contributed by atoms with Crippen LogP contribution in [0.15, 0.2) is 24.3 Å². The second-order valence-electron chi connectivity index (χ2n) is 5.49. The first-order valence-electron chi connectivity index (χ1n) is 8.32. The smallest absolute Gasteiger partial charge is 0.317 e. The summed E-state index contributed by atoms with van der Waals surface area (Å²) in [6.45, 7) is 7.49. The number of amides is 2. The van der Waals surface area contributed by atoms with Crippen molar-refractivity contribution < 1.29 is 14.3 Å². The van der Waals surface area contributed by atoms with Gasteiger partial charge < -0.3 is 20.1 Å². The average molecular weight is 321 g/mol. The van der Waals surface area contributed by atoms with Crippen molar-refractivity contribution >= 4 is 6.03 Å². The number of morpholine rings is 1. The highest BCUT2D eigenvalue weighted by Crippen LogP contribution is 2.17. The molecule has 1 heterocycles. The zero-order chi connectivity index (χ0) is 16.3. The largest absolute Gasteiger partial charge is 0.473 e. The summed E-state index contributed by atoms with van der Waals surface area (Å²) in [6, 6.07) is 7.67. The van der Waals surface area contributed by atoms with Crippen molar-refractivity contribution in [2.45, 2.75) is 19.8 Å². The Labute approximate surface area is 138 Å². The molecule has 1 fully saturated rings. The Morgan fingerprint density at radius 3 is 2.83 bits per heavy atom. The molecule has 0 bridgehead atoms. The Hall–Kier alpha value is -1.79. The molecule has 1 saturated heterocycles. The van der Waals surface area contributed by atoms with Gasteiger partial charge >= 0.3 is 6.03 Å². The van der Waals surface area contributed by atoms with E-state index in [1.54, 1.807) is 0 Å². The fraction of sp³-hybridized carbons (Fsp3) is 0.588. The van der Waals surface area contributed by atoms with Crippen LogP contribution in [0.25, 0.3) is 0 Å². The summed E-state index contributed by atoms with van der Waals surface area (Å²) >= 11 is 0. The van der Waals surface area contributed by atoms with Gasteiger partial charge in [0.05, 0.1) is 13.2 Å². The predicted octanol–water partition coefficient (Wildman–Crippen LogP) is 1.61. The Balaban J connectivity index is 1.54. The van der Waals surface area contributed by atoms with Gasteiger partial charge in [-0.1, -0.05) is 25.1 Å². The first-order chi connectivity index (χ1) is 11.3. The quantitative estimate of drug-likeness (QED) is 0.564. The molecule has 0 aliphatic carbocycles. The summed E-state index contributed by atoms with van der Waals surface area (Å²) in [5.41, 5.74) is 1.14.